The minimum absolute atomic E-state index is 0.317. The van der Waals surface area contributed by atoms with Crippen molar-refractivity contribution in [2.45, 2.75) is 6.92 Å². The second kappa shape index (κ2) is 3.56. The quantitative estimate of drug-likeness (QED) is 0.748. The molecule has 3 N–H and O–H groups in total. The van der Waals surface area contributed by atoms with Crippen LogP contribution >= 0.6 is 0 Å². The first-order valence-electron chi connectivity index (χ1n) is 4.54. The fourth-order valence-corrected chi connectivity index (χ4v) is 1.23. The molecule has 0 aliphatic heterocycles. The maximum absolute atomic E-state index is 5.71. The van der Waals surface area contributed by atoms with E-state index in [1.807, 2.05) is 19.1 Å². The molecule has 0 spiro atoms. The molecule has 15 heavy (non-hydrogen) atoms. The summed E-state index contributed by atoms with van der Waals surface area (Å²) in [6.07, 6.45) is 1.71. The van der Waals surface area contributed by atoms with E-state index < -0.39 is 0 Å². The van der Waals surface area contributed by atoms with Gasteiger partial charge in [0.1, 0.15) is 0 Å². The number of hydrogen-bond donors (Lipinski definition) is 2. The Bertz CT molecular complexity index is 475. The number of aryl methyl sites for hydroxylation is 1. The molecule has 0 aliphatic rings. The van der Waals surface area contributed by atoms with Gasteiger partial charge in [0.2, 0.25) is 11.9 Å². The first-order valence-corrected chi connectivity index (χ1v) is 4.54. The van der Waals surface area contributed by atoms with Crippen LogP contribution in [-0.2, 0) is 0 Å². The van der Waals surface area contributed by atoms with Crippen LogP contribution in [0.3, 0.4) is 0 Å². The third-order valence-corrected chi connectivity index (χ3v) is 1.97. The van der Waals surface area contributed by atoms with Gasteiger partial charge >= 0.3 is 0 Å². The molecule has 0 radical (unpaired) electrons. The minimum Gasteiger partial charge on any atom is -0.368 e. The van der Waals surface area contributed by atoms with Crippen LogP contribution in [0, 0.1) is 6.92 Å². The van der Waals surface area contributed by atoms with Crippen LogP contribution in [0.1, 0.15) is 5.56 Å². The van der Waals surface area contributed by atoms with E-state index in [0.29, 0.717) is 17.7 Å². The lowest BCUT2D eigenvalue weighted by Gasteiger charge is -2.01. The largest absolute Gasteiger partial charge is 0.368 e. The summed E-state index contributed by atoms with van der Waals surface area (Å²) in [6, 6.07) is 3.81. The standard InChI is InChI=1S/C9H12N6/c1-6-3-4-12-7(5-6)15-8(10)13-9(11-2)14-15/h3-5H,1-2H3,(H3,10,11,13,14). The van der Waals surface area contributed by atoms with Crippen LogP contribution in [0.5, 0.6) is 0 Å². The van der Waals surface area contributed by atoms with Gasteiger partial charge in [-0.25, -0.2) is 4.98 Å². The summed E-state index contributed by atoms with van der Waals surface area (Å²) in [4.78, 5) is 8.18. The average Bonchev–Trinajstić information content (AvgIpc) is 2.60. The first-order chi connectivity index (χ1) is 7.20. The SMILES string of the molecule is CNc1nc(N)n(-c2cc(C)ccn2)n1. The van der Waals surface area contributed by atoms with Crippen molar-refractivity contribution in [3.8, 4) is 5.82 Å². The van der Waals surface area contributed by atoms with Gasteiger partial charge in [-0.3, -0.25) is 0 Å². The molecule has 0 saturated heterocycles. The molecule has 0 saturated carbocycles. The van der Waals surface area contributed by atoms with Crippen molar-refractivity contribution in [1.29, 1.82) is 0 Å². The maximum atomic E-state index is 5.71. The summed E-state index contributed by atoms with van der Waals surface area (Å²) in [5, 5.41) is 6.97. The minimum atomic E-state index is 0.317. The van der Waals surface area contributed by atoms with Crippen LogP contribution in [0.25, 0.3) is 5.82 Å². The third-order valence-electron chi connectivity index (χ3n) is 1.97. The van der Waals surface area contributed by atoms with Gasteiger partial charge in [0, 0.05) is 13.2 Å². The van der Waals surface area contributed by atoms with E-state index >= 15 is 0 Å². The number of nitrogens with zero attached hydrogens (tertiary/aromatic N) is 4. The van der Waals surface area contributed by atoms with Gasteiger partial charge in [-0.15, -0.1) is 5.10 Å². The lowest BCUT2D eigenvalue weighted by atomic mass is 10.3. The summed E-state index contributed by atoms with van der Waals surface area (Å²) in [6.45, 7) is 1.98. The zero-order valence-corrected chi connectivity index (χ0v) is 8.60. The maximum Gasteiger partial charge on any atom is 0.244 e. The molecule has 0 fully saturated rings. The van der Waals surface area contributed by atoms with Gasteiger partial charge in [0.05, 0.1) is 0 Å². The average molecular weight is 204 g/mol. The number of rotatable bonds is 2. The van der Waals surface area contributed by atoms with E-state index in [2.05, 4.69) is 20.4 Å². The molecule has 0 aromatic carbocycles. The van der Waals surface area contributed by atoms with E-state index in [9.17, 15) is 0 Å². The normalized spacial score (nSPS) is 10.3. The molecular weight excluding hydrogens is 192 g/mol. The van der Waals surface area contributed by atoms with Crippen LogP contribution in [-0.4, -0.2) is 26.8 Å². The van der Waals surface area contributed by atoms with Crippen molar-refractivity contribution in [3.63, 3.8) is 0 Å². The predicted octanol–water partition coefficient (Wildman–Crippen LogP) is 0.595. The summed E-state index contributed by atoms with van der Waals surface area (Å²) in [7, 11) is 1.74. The highest BCUT2D eigenvalue weighted by atomic mass is 15.4. The smallest absolute Gasteiger partial charge is 0.244 e. The van der Waals surface area contributed by atoms with E-state index in [-0.39, 0.29) is 0 Å². The molecule has 0 aliphatic carbocycles. The van der Waals surface area contributed by atoms with Crippen LogP contribution in [0.2, 0.25) is 0 Å². The van der Waals surface area contributed by atoms with E-state index in [4.69, 9.17) is 5.73 Å². The van der Waals surface area contributed by atoms with Gasteiger partial charge in [0.25, 0.3) is 0 Å². The Morgan fingerprint density at radius 2 is 2.27 bits per heavy atom. The van der Waals surface area contributed by atoms with Gasteiger partial charge in [-0.2, -0.15) is 9.67 Å². The molecule has 0 atom stereocenters. The Morgan fingerprint density at radius 3 is 2.87 bits per heavy atom. The molecule has 78 valence electrons. The van der Waals surface area contributed by atoms with E-state index in [1.165, 1.54) is 4.68 Å². The van der Waals surface area contributed by atoms with Crippen molar-refractivity contribution >= 4 is 11.9 Å². The lowest BCUT2D eigenvalue weighted by Crippen LogP contribution is -2.04. The Balaban J connectivity index is 2.48. The number of hydrogen-bond acceptors (Lipinski definition) is 5. The highest BCUT2D eigenvalue weighted by Gasteiger charge is 2.08. The molecule has 2 aromatic heterocycles. The van der Waals surface area contributed by atoms with Crippen LogP contribution in [0.4, 0.5) is 11.9 Å². The molecule has 2 aromatic rings. The molecular formula is C9H12N6. The van der Waals surface area contributed by atoms with Gasteiger partial charge in [-0.1, -0.05) is 0 Å². The van der Waals surface area contributed by atoms with Gasteiger partial charge in [0.15, 0.2) is 5.82 Å². The Hall–Kier alpha value is -2.11. The highest BCUT2D eigenvalue weighted by Crippen LogP contribution is 2.11. The topological polar surface area (TPSA) is 81.6 Å². The van der Waals surface area contributed by atoms with E-state index in [1.54, 1.807) is 13.2 Å². The zero-order chi connectivity index (χ0) is 10.8. The van der Waals surface area contributed by atoms with E-state index in [0.717, 1.165) is 5.56 Å². The summed E-state index contributed by atoms with van der Waals surface area (Å²) in [5.41, 5.74) is 6.81. The fourth-order valence-electron chi connectivity index (χ4n) is 1.23. The van der Waals surface area contributed by atoms with Crippen LogP contribution < -0.4 is 11.1 Å². The van der Waals surface area contributed by atoms with Crippen LogP contribution in [0.15, 0.2) is 18.3 Å². The number of nitrogen functional groups attached to an aromatic ring is 1. The number of aromatic nitrogens is 4. The summed E-state index contributed by atoms with van der Waals surface area (Å²) < 4.78 is 1.50. The zero-order valence-electron chi connectivity index (χ0n) is 8.60. The summed E-state index contributed by atoms with van der Waals surface area (Å²) >= 11 is 0. The molecule has 0 bridgehead atoms. The molecule has 0 unspecified atom stereocenters. The number of nitrogens with one attached hydrogen (secondary N) is 1. The Morgan fingerprint density at radius 1 is 1.47 bits per heavy atom. The predicted molar refractivity (Wildman–Crippen MR) is 57.9 cm³/mol. The fraction of sp³-hybridized carbons (Fsp3) is 0.222. The highest BCUT2D eigenvalue weighted by molar-refractivity contribution is 5.38. The molecule has 0 amide bonds. The van der Waals surface area contributed by atoms with Gasteiger partial charge < -0.3 is 11.1 Å². The molecule has 2 heterocycles. The monoisotopic (exact) mass is 204 g/mol. The second-order valence-electron chi connectivity index (χ2n) is 3.15. The van der Waals surface area contributed by atoms with Crippen molar-refractivity contribution in [1.82, 2.24) is 19.7 Å². The van der Waals surface area contributed by atoms with Crippen molar-refractivity contribution in [2.24, 2.45) is 0 Å². The molecule has 6 nitrogen and oxygen atoms in total. The first kappa shape index (κ1) is 9.45. The third kappa shape index (κ3) is 1.74. The van der Waals surface area contributed by atoms with Crippen molar-refractivity contribution < 1.29 is 0 Å². The number of pyridine rings is 1. The Kier molecular flexibility index (Phi) is 2.24. The lowest BCUT2D eigenvalue weighted by molar-refractivity contribution is 0.856. The molecule has 6 heteroatoms. The Labute approximate surface area is 87.2 Å². The van der Waals surface area contributed by atoms with Crippen molar-refractivity contribution in [2.75, 3.05) is 18.1 Å². The van der Waals surface area contributed by atoms with Gasteiger partial charge in [-0.05, 0) is 24.6 Å². The molecule has 2 rings (SSSR count). The number of nitrogens with two attached hydrogens (primary N) is 1. The summed E-state index contributed by atoms with van der Waals surface area (Å²) in [5.74, 6) is 1.47. The second-order valence-corrected chi connectivity index (χ2v) is 3.15. The number of anilines is 2. The van der Waals surface area contributed by atoms with Crippen molar-refractivity contribution in [3.05, 3.63) is 23.9 Å².